The van der Waals surface area contributed by atoms with Crippen molar-refractivity contribution >= 4 is 18.7 Å². The van der Waals surface area contributed by atoms with Crippen LogP contribution in [0.15, 0.2) is 0 Å². The van der Waals surface area contributed by atoms with Gasteiger partial charge in [0, 0.05) is 18.8 Å². The zero-order valence-corrected chi connectivity index (χ0v) is 8.20. The third kappa shape index (κ3) is 3.06. The fourth-order valence-corrected chi connectivity index (χ4v) is 1.48. The van der Waals surface area contributed by atoms with Crippen LogP contribution in [-0.4, -0.2) is 37.5 Å². The van der Waals surface area contributed by atoms with Gasteiger partial charge in [-0.05, 0) is 0 Å². The first-order chi connectivity index (χ1) is 6.13. The van der Waals surface area contributed by atoms with Crippen LogP contribution in [0, 0.1) is 0 Å². The summed E-state index contributed by atoms with van der Waals surface area (Å²) >= 11 is 4.25. The molecule has 1 saturated heterocycles. The second kappa shape index (κ2) is 4.69. The zero-order chi connectivity index (χ0) is 9.84. The van der Waals surface area contributed by atoms with E-state index in [-0.39, 0.29) is 24.3 Å². The lowest BCUT2D eigenvalue weighted by molar-refractivity contribution is -0.169. The molecule has 0 radical (unpaired) electrons. The van der Waals surface area contributed by atoms with Gasteiger partial charge in [0.05, 0.1) is 6.61 Å². The van der Waals surface area contributed by atoms with E-state index in [2.05, 4.69) is 12.6 Å². The highest BCUT2D eigenvalue weighted by Crippen LogP contribution is 2.21. The molecule has 1 aliphatic heterocycles. The molecule has 5 nitrogen and oxygen atoms in total. The summed E-state index contributed by atoms with van der Waals surface area (Å²) in [6.45, 7) is 0.273. The van der Waals surface area contributed by atoms with Gasteiger partial charge >= 0.3 is 6.09 Å². The van der Waals surface area contributed by atoms with Crippen LogP contribution in [-0.2, 0) is 14.2 Å². The Hall–Kier alpha value is -0.460. The number of ether oxygens (including phenoxy) is 3. The maximum atomic E-state index is 10.4. The molecule has 3 unspecified atom stereocenters. The molecule has 0 saturated carbocycles. The van der Waals surface area contributed by atoms with Crippen LogP contribution in [0.25, 0.3) is 0 Å². The number of hydrogen-bond donors (Lipinski definition) is 2. The molecule has 0 aromatic rings. The topological polar surface area (TPSA) is 70.8 Å². The van der Waals surface area contributed by atoms with Gasteiger partial charge in [0.25, 0.3) is 0 Å². The number of nitrogens with two attached hydrogens (primary N) is 1. The van der Waals surface area contributed by atoms with Crippen molar-refractivity contribution < 1.29 is 19.0 Å². The average molecular weight is 207 g/mol. The summed E-state index contributed by atoms with van der Waals surface area (Å²) in [6, 6.07) is 0. The number of methoxy groups -OCH3 is 1. The standard InChI is InChI=1S/C7H13NO4S/c1-10-6-2-5(13)4(3-11-6)12-7(8)9/h4-6,13H,2-3H2,1H3,(H2,8,9). The van der Waals surface area contributed by atoms with Gasteiger partial charge in [-0.2, -0.15) is 12.6 Å². The molecule has 0 aromatic heterocycles. The van der Waals surface area contributed by atoms with Crippen molar-refractivity contribution in [1.29, 1.82) is 0 Å². The molecule has 1 amide bonds. The van der Waals surface area contributed by atoms with Gasteiger partial charge in [-0.1, -0.05) is 0 Å². The molecule has 1 fully saturated rings. The van der Waals surface area contributed by atoms with E-state index in [4.69, 9.17) is 19.9 Å². The van der Waals surface area contributed by atoms with E-state index < -0.39 is 6.09 Å². The molecular weight excluding hydrogens is 194 g/mol. The number of hydrogen-bond acceptors (Lipinski definition) is 5. The highest BCUT2D eigenvalue weighted by molar-refractivity contribution is 7.81. The molecule has 1 heterocycles. The minimum absolute atomic E-state index is 0.0915. The first-order valence-corrected chi connectivity index (χ1v) is 4.43. The maximum absolute atomic E-state index is 10.4. The quantitative estimate of drug-likeness (QED) is 0.632. The summed E-state index contributed by atoms with van der Waals surface area (Å²) in [6.07, 6.45) is -0.872. The van der Waals surface area contributed by atoms with Crippen LogP contribution in [0.4, 0.5) is 4.79 Å². The summed E-state index contributed by atoms with van der Waals surface area (Å²) in [7, 11) is 1.56. The Kier molecular flexibility index (Phi) is 3.83. The van der Waals surface area contributed by atoms with Gasteiger partial charge in [-0.3, -0.25) is 0 Å². The Morgan fingerprint density at radius 1 is 1.69 bits per heavy atom. The molecule has 0 aromatic carbocycles. The number of amides is 1. The molecule has 1 rings (SSSR count). The molecule has 0 aliphatic carbocycles. The van der Waals surface area contributed by atoms with Crippen molar-refractivity contribution in [3.05, 3.63) is 0 Å². The SMILES string of the molecule is COC1CC(S)C(OC(N)=O)CO1. The lowest BCUT2D eigenvalue weighted by Crippen LogP contribution is -2.42. The van der Waals surface area contributed by atoms with Crippen LogP contribution in [0.3, 0.4) is 0 Å². The van der Waals surface area contributed by atoms with Crippen LogP contribution in [0.5, 0.6) is 0 Å². The van der Waals surface area contributed by atoms with E-state index in [1.807, 2.05) is 0 Å². The fraction of sp³-hybridized carbons (Fsp3) is 0.857. The molecule has 3 atom stereocenters. The van der Waals surface area contributed by atoms with E-state index in [1.165, 1.54) is 0 Å². The Labute approximate surface area is 81.9 Å². The molecular formula is C7H13NO4S. The number of thiol groups is 1. The van der Waals surface area contributed by atoms with Crippen LogP contribution in [0.2, 0.25) is 0 Å². The first kappa shape index (κ1) is 10.6. The monoisotopic (exact) mass is 207 g/mol. The lowest BCUT2D eigenvalue weighted by Gasteiger charge is -2.31. The number of primary amides is 1. The Morgan fingerprint density at radius 3 is 2.85 bits per heavy atom. The molecule has 76 valence electrons. The normalized spacial score (nSPS) is 34.2. The van der Waals surface area contributed by atoms with Crippen molar-refractivity contribution in [2.24, 2.45) is 5.73 Å². The Morgan fingerprint density at radius 2 is 2.38 bits per heavy atom. The average Bonchev–Trinajstić information content (AvgIpc) is 2.08. The van der Waals surface area contributed by atoms with Crippen molar-refractivity contribution in [2.75, 3.05) is 13.7 Å². The third-order valence-electron chi connectivity index (χ3n) is 1.84. The maximum Gasteiger partial charge on any atom is 0.404 e. The molecule has 2 N–H and O–H groups in total. The van der Waals surface area contributed by atoms with Gasteiger partial charge in [0.2, 0.25) is 0 Å². The van der Waals surface area contributed by atoms with Gasteiger partial charge in [-0.15, -0.1) is 0 Å². The van der Waals surface area contributed by atoms with Crippen molar-refractivity contribution in [3.8, 4) is 0 Å². The summed E-state index contributed by atoms with van der Waals surface area (Å²) < 4.78 is 15.0. The third-order valence-corrected chi connectivity index (χ3v) is 2.38. The van der Waals surface area contributed by atoms with E-state index in [0.29, 0.717) is 6.42 Å². The van der Waals surface area contributed by atoms with Gasteiger partial charge in [0.1, 0.15) is 6.10 Å². The van der Waals surface area contributed by atoms with Gasteiger partial charge < -0.3 is 19.9 Å². The fourth-order valence-electron chi connectivity index (χ4n) is 1.16. The van der Waals surface area contributed by atoms with Crippen LogP contribution in [0.1, 0.15) is 6.42 Å². The Bertz CT molecular complexity index is 189. The predicted octanol–water partition coefficient (Wildman–Crippen LogP) is 0.142. The molecule has 0 bridgehead atoms. The van der Waals surface area contributed by atoms with Crippen molar-refractivity contribution in [1.82, 2.24) is 0 Å². The summed E-state index contributed by atoms with van der Waals surface area (Å²) in [4.78, 5) is 10.4. The highest BCUT2D eigenvalue weighted by Gasteiger charge is 2.31. The molecule has 0 spiro atoms. The van der Waals surface area contributed by atoms with Crippen molar-refractivity contribution in [3.63, 3.8) is 0 Å². The van der Waals surface area contributed by atoms with Gasteiger partial charge in [0.15, 0.2) is 6.29 Å². The van der Waals surface area contributed by atoms with E-state index in [9.17, 15) is 4.79 Å². The molecule has 6 heteroatoms. The summed E-state index contributed by atoms with van der Waals surface area (Å²) in [5, 5.41) is -0.0915. The largest absolute Gasteiger partial charge is 0.443 e. The first-order valence-electron chi connectivity index (χ1n) is 3.92. The van der Waals surface area contributed by atoms with E-state index >= 15 is 0 Å². The van der Waals surface area contributed by atoms with Gasteiger partial charge in [-0.25, -0.2) is 4.79 Å². The zero-order valence-electron chi connectivity index (χ0n) is 7.30. The summed E-state index contributed by atoms with van der Waals surface area (Å²) in [5.41, 5.74) is 4.87. The second-order valence-corrected chi connectivity index (χ2v) is 3.44. The van der Waals surface area contributed by atoms with Crippen LogP contribution >= 0.6 is 12.6 Å². The molecule has 13 heavy (non-hydrogen) atoms. The van der Waals surface area contributed by atoms with Crippen molar-refractivity contribution in [2.45, 2.75) is 24.1 Å². The minimum atomic E-state index is -0.802. The Balaban J connectivity index is 2.39. The molecule has 1 aliphatic rings. The number of rotatable bonds is 2. The van der Waals surface area contributed by atoms with Crippen LogP contribution < -0.4 is 5.73 Å². The number of carbonyl (C=O) groups is 1. The lowest BCUT2D eigenvalue weighted by atomic mass is 10.1. The highest BCUT2D eigenvalue weighted by atomic mass is 32.1. The van der Waals surface area contributed by atoms with E-state index in [0.717, 1.165) is 0 Å². The predicted molar refractivity (Wildman–Crippen MR) is 48.6 cm³/mol. The summed E-state index contributed by atoms with van der Waals surface area (Å²) in [5.74, 6) is 0. The smallest absolute Gasteiger partial charge is 0.404 e. The minimum Gasteiger partial charge on any atom is -0.443 e. The van der Waals surface area contributed by atoms with E-state index in [1.54, 1.807) is 7.11 Å². The number of carbonyl (C=O) groups excluding carboxylic acids is 1. The second-order valence-electron chi connectivity index (χ2n) is 2.78.